The predicted molar refractivity (Wildman–Crippen MR) is 122 cm³/mol. The van der Waals surface area contributed by atoms with Crippen molar-refractivity contribution < 1.29 is 27.2 Å². The molecule has 1 atom stereocenters. The van der Waals surface area contributed by atoms with E-state index in [1.807, 2.05) is 24.0 Å². The van der Waals surface area contributed by atoms with Gasteiger partial charge in [-0.3, -0.25) is 9.80 Å². The van der Waals surface area contributed by atoms with E-state index < -0.39 is 12.4 Å². The monoisotopic (exact) mass is 488 g/mol. The van der Waals surface area contributed by atoms with Crippen LogP contribution in [0.2, 0.25) is 0 Å². The van der Waals surface area contributed by atoms with E-state index >= 15 is 0 Å². The van der Waals surface area contributed by atoms with Crippen LogP contribution in [0, 0.1) is 6.92 Å². The molecule has 2 heterocycles. The first kappa shape index (κ1) is 24.9. The number of aldehydes is 1. The molecule has 3 aromatic rings. The number of halogens is 3. The summed E-state index contributed by atoms with van der Waals surface area (Å²) in [6, 6.07) is 9.14. The Morgan fingerprint density at radius 3 is 2.54 bits per heavy atom. The maximum absolute atomic E-state index is 12.4. The molecule has 0 amide bonds. The molecule has 0 fully saturated rings. The van der Waals surface area contributed by atoms with E-state index in [1.54, 1.807) is 12.1 Å². The lowest BCUT2D eigenvalue weighted by Crippen LogP contribution is -2.23. The van der Waals surface area contributed by atoms with E-state index in [2.05, 4.69) is 33.6 Å². The molecule has 0 saturated heterocycles. The van der Waals surface area contributed by atoms with Crippen LogP contribution in [0.25, 0.3) is 11.5 Å². The Balaban J connectivity index is 1.52. The third-order valence-electron chi connectivity index (χ3n) is 6.18. The van der Waals surface area contributed by atoms with Gasteiger partial charge in [0.15, 0.2) is 5.82 Å². The van der Waals surface area contributed by atoms with Gasteiger partial charge in [0, 0.05) is 18.7 Å². The zero-order chi connectivity index (χ0) is 25.2. The number of carbonyl (C=O) groups excluding carboxylic acids is 1. The van der Waals surface area contributed by atoms with Crippen molar-refractivity contribution in [2.24, 2.45) is 0 Å². The number of aryl methyl sites for hydroxylation is 1. The molecule has 0 bridgehead atoms. The molecule has 7 nitrogen and oxygen atoms in total. The van der Waals surface area contributed by atoms with Gasteiger partial charge in [0.25, 0.3) is 5.89 Å². The molecule has 0 saturated carbocycles. The van der Waals surface area contributed by atoms with Gasteiger partial charge in [-0.25, -0.2) is 0 Å². The Labute approximate surface area is 201 Å². The fraction of sp³-hybridized carbons (Fsp3) is 0.400. The van der Waals surface area contributed by atoms with Crippen molar-refractivity contribution in [3.8, 4) is 17.2 Å². The molecule has 0 spiro atoms. The molecule has 186 valence electrons. The molecule has 0 radical (unpaired) electrons. The summed E-state index contributed by atoms with van der Waals surface area (Å²) in [6.07, 6.45) is -3.84. The van der Waals surface area contributed by atoms with Gasteiger partial charge in [-0.2, -0.15) is 4.98 Å². The van der Waals surface area contributed by atoms with Crippen LogP contribution in [-0.2, 0) is 24.4 Å². The second-order valence-electron chi connectivity index (χ2n) is 8.52. The van der Waals surface area contributed by atoms with Crippen LogP contribution in [0.5, 0.6) is 5.75 Å². The van der Waals surface area contributed by atoms with E-state index in [1.165, 1.54) is 12.1 Å². The predicted octanol–water partition coefficient (Wildman–Crippen LogP) is 5.04. The molecule has 0 N–H and O–H groups in total. The summed E-state index contributed by atoms with van der Waals surface area (Å²) < 4.78 is 46.7. The van der Waals surface area contributed by atoms with Crippen LogP contribution >= 0.6 is 0 Å². The normalized spacial score (nSPS) is 16.0. The molecule has 2 aromatic carbocycles. The Morgan fingerprint density at radius 2 is 1.91 bits per heavy atom. The van der Waals surface area contributed by atoms with Crippen LogP contribution in [0.3, 0.4) is 0 Å². The van der Waals surface area contributed by atoms with Gasteiger partial charge in [0.1, 0.15) is 12.0 Å². The number of benzene rings is 2. The van der Waals surface area contributed by atoms with Crippen molar-refractivity contribution in [2.75, 3.05) is 13.1 Å². The molecular weight excluding hydrogens is 461 g/mol. The van der Waals surface area contributed by atoms with Crippen molar-refractivity contribution in [3.63, 3.8) is 0 Å². The fourth-order valence-corrected chi connectivity index (χ4v) is 4.47. The number of fused-ring (bicyclic) bond motifs is 1. The summed E-state index contributed by atoms with van der Waals surface area (Å²) in [7, 11) is 0. The minimum absolute atomic E-state index is 0.279. The number of rotatable bonds is 9. The van der Waals surface area contributed by atoms with Crippen LogP contribution in [0.4, 0.5) is 13.2 Å². The lowest BCUT2D eigenvalue weighted by atomic mass is 9.97. The topological polar surface area (TPSA) is 71.7 Å². The lowest BCUT2D eigenvalue weighted by molar-refractivity contribution is -0.274. The maximum atomic E-state index is 12.4. The van der Waals surface area contributed by atoms with Crippen molar-refractivity contribution in [1.29, 1.82) is 0 Å². The van der Waals surface area contributed by atoms with Crippen molar-refractivity contribution in [3.05, 3.63) is 64.5 Å². The van der Waals surface area contributed by atoms with E-state index in [-0.39, 0.29) is 5.75 Å². The quantitative estimate of drug-likeness (QED) is 0.391. The molecule has 1 aromatic heterocycles. The van der Waals surface area contributed by atoms with E-state index in [0.29, 0.717) is 31.3 Å². The smallest absolute Gasteiger partial charge is 0.406 e. The average Bonchev–Trinajstić information content (AvgIpc) is 3.42. The number of carbonyl (C=O) groups is 1. The Hall–Kier alpha value is -3.24. The maximum Gasteiger partial charge on any atom is 0.573 e. The minimum atomic E-state index is -4.74. The average molecular weight is 489 g/mol. The number of hydrogen-bond acceptors (Lipinski definition) is 7. The highest BCUT2D eigenvalue weighted by atomic mass is 19.4. The second-order valence-corrected chi connectivity index (χ2v) is 8.52. The zero-order valence-electron chi connectivity index (χ0n) is 19.8. The first-order valence-electron chi connectivity index (χ1n) is 11.4. The summed E-state index contributed by atoms with van der Waals surface area (Å²) in [5, 5.41) is 4.11. The van der Waals surface area contributed by atoms with Crippen LogP contribution in [0.15, 0.2) is 40.9 Å². The standard InChI is InChI=1S/C25H27F3N4O3/c1-4-31(5-2)14-22-29-24(35-30-22)18-10-16(3)23-19(11-18)13-32(21(23)15-33)12-17-6-8-20(9-7-17)34-25(26,27)28/h6-11,15,21H,4-5,12-14H2,1-3H3. The van der Waals surface area contributed by atoms with Gasteiger partial charge in [-0.15, -0.1) is 13.2 Å². The molecule has 10 heteroatoms. The van der Waals surface area contributed by atoms with Gasteiger partial charge in [0.05, 0.1) is 12.6 Å². The number of nitrogens with zero attached hydrogens (tertiary/aromatic N) is 4. The highest BCUT2D eigenvalue weighted by molar-refractivity contribution is 5.69. The van der Waals surface area contributed by atoms with Crippen molar-refractivity contribution >= 4 is 6.29 Å². The number of hydrogen-bond donors (Lipinski definition) is 0. The minimum Gasteiger partial charge on any atom is -0.406 e. The van der Waals surface area contributed by atoms with E-state index in [4.69, 9.17) is 4.52 Å². The molecule has 4 rings (SSSR count). The Morgan fingerprint density at radius 1 is 1.20 bits per heavy atom. The number of aromatic nitrogens is 2. The van der Waals surface area contributed by atoms with Gasteiger partial charge >= 0.3 is 6.36 Å². The van der Waals surface area contributed by atoms with Crippen LogP contribution < -0.4 is 4.74 Å². The van der Waals surface area contributed by atoms with Crippen molar-refractivity contribution in [1.82, 2.24) is 19.9 Å². The summed E-state index contributed by atoms with van der Waals surface area (Å²) in [5.41, 5.74) is 4.42. The third kappa shape index (κ3) is 5.71. The summed E-state index contributed by atoms with van der Waals surface area (Å²) in [5.74, 6) is 0.768. The molecule has 0 aliphatic carbocycles. The summed E-state index contributed by atoms with van der Waals surface area (Å²) in [6.45, 7) is 9.39. The SMILES string of the molecule is CCN(CC)Cc1noc(-c2cc(C)c3c(c2)CN(Cc2ccc(OC(F)(F)F)cc2)C3C=O)n1. The highest BCUT2D eigenvalue weighted by Gasteiger charge is 2.33. The van der Waals surface area contributed by atoms with Crippen molar-refractivity contribution in [2.45, 2.75) is 52.8 Å². The Kier molecular flexibility index (Phi) is 7.23. The fourth-order valence-electron chi connectivity index (χ4n) is 4.47. The molecular formula is C25H27F3N4O3. The van der Waals surface area contributed by atoms with Crippen LogP contribution in [0.1, 0.15) is 48.0 Å². The van der Waals surface area contributed by atoms with Gasteiger partial charge in [-0.1, -0.05) is 31.1 Å². The largest absolute Gasteiger partial charge is 0.573 e. The first-order chi connectivity index (χ1) is 16.7. The molecule has 1 unspecified atom stereocenters. The molecule has 35 heavy (non-hydrogen) atoms. The third-order valence-corrected chi connectivity index (χ3v) is 6.18. The summed E-state index contributed by atoms with van der Waals surface area (Å²) in [4.78, 5) is 20.7. The van der Waals surface area contributed by atoms with Crippen LogP contribution in [-0.4, -0.2) is 45.7 Å². The summed E-state index contributed by atoms with van der Waals surface area (Å²) >= 11 is 0. The lowest BCUT2D eigenvalue weighted by Gasteiger charge is -2.21. The van der Waals surface area contributed by atoms with Gasteiger partial charge in [0.2, 0.25) is 0 Å². The molecule has 1 aliphatic heterocycles. The highest BCUT2D eigenvalue weighted by Crippen LogP contribution is 2.38. The second kappa shape index (κ2) is 10.2. The zero-order valence-corrected chi connectivity index (χ0v) is 19.8. The number of ether oxygens (including phenoxy) is 1. The first-order valence-corrected chi connectivity index (χ1v) is 11.4. The van der Waals surface area contributed by atoms with E-state index in [9.17, 15) is 18.0 Å². The van der Waals surface area contributed by atoms with E-state index in [0.717, 1.165) is 47.2 Å². The van der Waals surface area contributed by atoms with Gasteiger partial charge in [-0.05, 0) is 66.5 Å². The Bertz CT molecular complexity index is 1170. The molecule has 1 aliphatic rings. The van der Waals surface area contributed by atoms with Gasteiger partial charge < -0.3 is 14.1 Å². The number of alkyl halides is 3.